The Hall–Kier alpha value is -0.680. The first-order valence-corrected chi connectivity index (χ1v) is 8.84. The quantitative estimate of drug-likeness (QED) is 0.852. The smallest absolute Gasteiger partial charge is 0.0828 e. The number of nitrogens with zero attached hydrogens (tertiary/aromatic N) is 3. The highest BCUT2D eigenvalue weighted by molar-refractivity contribution is 6.31. The minimum atomic E-state index is 0.321. The summed E-state index contributed by atoms with van der Waals surface area (Å²) in [5, 5.41) is 0.764. The van der Waals surface area contributed by atoms with Crippen LogP contribution in [-0.4, -0.2) is 60.2 Å². The average molecular weight is 324 g/mol. The molecule has 0 radical (unpaired) electrons. The van der Waals surface area contributed by atoms with Crippen LogP contribution < -0.4 is 0 Å². The SMILES string of the molecule is Clc1cnccc1CN1CCCO[C@H](CN2CCCCC2)C1. The zero-order valence-corrected chi connectivity index (χ0v) is 14.0. The molecule has 1 aromatic rings. The molecule has 1 atom stereocenters. The van der Waals surface area contributed by atoms with Crippen LogP contribution in [0.4, 0.5) is 0 Å². The lowest BCUT2D eigenvalue weighted by Crippen LogP contribution is -2.42. The molecule has 3 heterocycles. The van der Waals surface area contributed by atoms with Crippen LogP contribution in [0.2, 0.25) is 5.02 Å². The standard InChI is InChI=1S/C17H26ClN3O/c18-17-11-19-6-5-15(17)12-21-9-4-10-22-16(14-21)13-20-7-2-1-3-8-20/h5-6,11,16H,1-4,7-10,12-14H2/t16-/m1/s1. The molecule has 0 amide bonds. The number of rotatable bonds is 4. The summed E-state index contributed by atoms with van der Waals surface area (Å²) in [6.45, 7) is 7.37. The molecule has 0 unspecified atom stereocenters. The van der Waals surface area contributed by atoms with Gasteiger partial charge in [0.05, 0.1) is 11.1 Å². The summed E-state index contributed by atoms with van der Waals surface area (Å²) in [5.74, 6) is 0. The van der Waals surface area contributed by atoms with E-state index in [1.165, 1.54) is 32.4 Å². The summed E-state index contributed by atoms with van der Waals surface area (Å²) in [5.41, 5.74) is 1.16. The van der Waals surface area contributed by atoms with E-state index in [-0.39, 0.29) is 0 Å². The highest BCUT2D eigenvalue weighted by Crippen LogP contribution is 2.18. The fourth-order valence-corrected chi connectivity index (χ4v) is 3.61. The second kappa shape index (κ2) is 8.25. The van der Waals surface area contributed by atoms with Gasteiger partial charge in [-0.2, -0.15) is 0 Å². The van der Waals surface area contributed by atoms with Gasteiger partial charge in [-0.3, -0.25) is 9.88 Å². The van der Waals surface area contributed by atoms with Gasteiger partial charge in [-0.15, -0.1) is 0 Å². The number of ether oxygens (including phenoxy) is 1. The first-order chi connectivity index (χ1) is 10.8. The van der Waals surface area contributed by atoms with E-state index in [1.807, 2.05) is 12.3 Å². The number of hydrogen-bond donors (Lipinski definition) is 0. The molecule has 0 saturated carbocycles. The molecule has 2 fully saturated rings. The third kappa shape index (κ3) is 4.66. The Morgan fingerprint density at radius 2 is 1.95 bits per heavy atom. The van der Waals surface area contributed by atoms with Crippen molar-refractivity contribution in [3.63, 3.8) is 0 Å². The lowest BCUT2D eigenvalue weighted by Gasteiger charge is -2.31. The van der Waals surface area contributed by atoms with Crippen molar-refractivity contribution in [2.45, 2.75) is 38.3 Å². The summed E-state index contributed by atoms with van der Waals surface area (Å²) in [6, 6.07) is 2.02. The minimum Gasteiger partial charge on any atom is -0.376 e. The summed E-state index contributed by atoms with van der Waals surface area (Å²) in [7, 11) is 0. The Labute approximate surface area is 138 Å². The molecule has 0 spiro atoms. The van der Waals surface area contributed by atoms with Crippen molar-refractivity contribution >= 4 is 11.6 Å². The first-order valence-electron chi connectivity index (χ1n) is 8.46. The molecule has 2 aliphatic rings. The van der Waals surface area contributed by atoms with E-state index < -0.39 is 0 Å². The molecular formula is C17H26ClN3O. The fourth-order valence-electron chi connectivity index (χ4n) is 3.43. The largest absolute Gasteiger partial charge is 0.376 e. The highest BCUT2D eigenvalue weighted by atomic mass is 35.5. The average Bonchev–Trinajstić information content (AvgIpc) is 2.76. The van der Waals surface area contributed by atoms with E-state index in [0.29, 0.717) is 6.10 Å². The maximum Gasteiger partial charge on any atom is 0.0828 e. The third-order valence-corrected chi connectivity index (χ3v) is 4.94. The number of hydrogen-bond acceptors (Lipinski definition) is 4. The van der Waals surface area contributed by atoms with Crippen LogP contribution in [0.1, 0.15) is 31.2 Å². The van der Waals surface area contributed by atoms with E-state index in [9.17, 15) is 0 Å². The van der Waals surface area contributed by atoms with Crippen LogP contribution >= 0.6 is 11.6 Å². The summed E-state index contributed by atoms with van der Waals surface area (Å²) < 4.78 is 6.08. The number of piperidine rings is 1. The molecule has 0 N–H and O–H groups in total. The van der Waals surface area contributed by atoms with Gasteiger partial charge in [0.1, 0.15) is 0 Å². The number of aromatic nitrogens is 1. The van der Waals surface area contributed by atoms with Gasteiger partial charge in [-0.05, 0) is 44.0 Å². The maximum atomic E-state index is 6.25. The predicted octanol–water partition coefficient (Wildman–Crippen LogP) is 2.81. The van der Waals surface area contributed by atoms with Gasteiger partial charge in [0, 0.05) is 45.2 Å². The predicted molar refractivity (Wildman–Crippen MR) is 89.2 cm³/mol. The van der Waals surface area contributed by atoms with Gasteiger partial charge in [0.25, 0.3) is 0 Å². The van der Waals surface area contributed by atoms with Crippen molar-refractivity contribution in [1.82, 2.24) is 14.8 Å². The number of halogens is 1. The normalized spacial score (nSPS) is 25.0. The van der Waals surface area contributed by atoms with Crippen molar-refractivity contribution in [2.24, 2.45) is 0 Å². The molecule has 0 aliphatic carbocycles. The Balaban J connectivity index is 1.56. The fraction of sp³-hybridized carbons (Fsp3) is 0.706. The Kier molecular flexibility index (Phi) is 6.07. The zero-order chi connectivity index (χ0) is 15.2. The summed E-state index contributed by atoms with van der Waals surface area (Å²) in [6.07, 6.45) is 9.03. The number of likely N-dealkylation sites (tertiary alicyclic amines) is 1. The van der Waals surface area contributed by atoms with E-state index in [1.54, 1.807) is 6.20 Å². The molecule has 5 heteroatoms. The van der Waals surface area contributed by atoms with Gasteiger partial charge >= 0.3 is 0 Å². The van der Waals surface area contributed by atoms with Crippen molar-refractivity contribution in [2.75, 3.05) is 39.3 Å². The van der Waals surface area contributed by atoms with Crippen LogP contribution in [0.3, 0.4) is 0 Å². The van der Waals surface area contributed by atoms with E-state index in [0.717, 1.165) is 49.8 Å². The second-order valence-electron chi connectivity index (χ2n) is 6.41. The first kappa shape index (κ1) is 16.2. The van der Waals surface area contributed by atoms with Crippen molar-refractivity contribution in [1.29, 1.82) is 0 Å². The summed E-state index contributed by atoms with van der Waals surface area (Å²) in [4.78, 5) is 9.11. The second-order valence-corrected chi connectivity index (χ2v) is 6.82. The van der Waals surface area contributed by atoms with Crippen molar-refractivity contribution in [3.8, 4) is 0 Å². The topological polar surface area (TPSA) is 28.6 Å². The molecule has 22 heavy (non-hydrogen) atoms. The minimum absolute atomic E-state index is 0.321. The van der Waals surface area contributed by atoms with Gasteiger partial charge < -0.3 is 9.64 Å². The van der Waals surface area contributed by atoms with Gasteiger partial charge in [0.15, 0.2) is 0 Å². The van der Waals surface area contributed by atoms with Gasteiger partial charge in [-0.1, -0.05) is 18.0 Å². The summed E-state index contributed by atoms with van der Waals surface area (Å²) >= 11 is 6.25. The molecule has 0 bridgehead atoms. The molecule has 2 aliphatic heterocycles. The molecule has 0 aromatic carbocycles. The molecule has 1 aromatic heterocycles. The van der Waals surface area contributed by atoms with E-state index in [2.05, 4.69) is 14.8 Å². The van der Waals surface area contributed by atoms with Crippen LogP contribution in [0.15, 0.2) is 18.5 Å². The lowest BCUT2D eigenvalue weighted by atomic mass is 10.1. The molecule has 2 saturated heterocycles. The Morgan fingerprint density at radius 3 is 2.77 bits per heavy atom. The van der Waals surface area contributed by atoms with Gasteiger partial charge in [-0.25, -0.2) is 0 Å². The monoisotopic (exact) mass is 323 g/mol. The van der Waals surface area contributed by atoms with Crippen molar-refractivity contribution in [3.05, 3.63) is 29.0 Å². The molecule has 3 rings (SSSR count). The highest BCUT2D eigenvalue weighted by Gasteiger charge is 2.22. The Morgan fingerprint density at radius 1 is 1.14 bits per heavy atom. The third-order valence-electron chi connectivity index (χ3n) is 4.59. The number of pyridine rings is 1. The molecule has 122 valence electrons. The molecule has 4 nitrogen and oxygen atoms in total. The lowest BCUT2D eigenvalue weighted by molar-refractivity contribution is 0.0217. The zero-order valence-electron chi connectivity index (χ0n) is 13.2. The van der Waals surface area contributed by atoms with Gasteiger partial charge in [0.2, 0.25) is 0 Å². The molecular weight excluding hydrogens is 298 g/mol. The maximum absolute atomic E-state index is 6.25. The van der Waals surface area contributed by atoms with Crippen LogP contribution in [0.5, 0.6) is 0 Å². The van der Waals surface area contributed by atoms with E-state index >= 15 is 0 Å². The van der Waals surface area contributed by atoms with Crippen LogP contribution in [-0.2, 0) is 11.3 Å². The van der Waals surface area contributed by atoms with Crippen molar-refractivity contribution < 1.29 is 4.74 Å². The Bertz CT molecular complexity index is 465. The van der Waals surface area contributed by atoms with Crippen LogP contribution in [0.25, 0.3) is 0 Å². The van der Waals surface area contributed by atoms with E-state index in [4.69, 9.17) is 16.3 Å². The van der Waals surface area contributed by atoms with Crippen LogP contribution in [0, 0.1) is 0 Å².